The van der Waals surface area contributed by atoms with Gasteiger partial charge in [0.1, 0.15) is 5.82 Å². The minimum Gasteiger partial charge on any atom is -0.312 e. The van der Waals surface area contributed by atoms with E-state index in [9.17, 15) is 12.8 Å². The van der Waals surface area contributed by atoms with Crippen LogP contribution >= 0.6 is 15.9 Å². The third-order valence-corrected chi connectivity index (χ3v) is 5.63. The molecule has 0 saturated carbocycles. The molecule has 0 fully saturated rings. The van der Waals surface area contributed by atoms with Crippen molar-refractivity contribution in [2.75, 3.05) is 12.8 Å². The maximum absolute atomic E-state index is 13.2. The Morgan fingerprint density at radius 1 is 1.40 bits per heavy atom. The van der Waals surface area contributed by atoms with Gasteiger partial charge in [0.05, 0.1) is 9.72 Å². The van der Waals surface area contributed by atoms with Crippen molar-refractivity contribution in [3.63, 3.8) is 0 Å². The lowest BCUT2D eigenvalue weighted by Crippen LogP contribution is -2.44. The minimum absolute atomic E-state index is 0.178. The molecular weight excluding hydrogens is 345 g/mol. The summed E-state index contributed by atoms with van der Waals surface area (Å²) < 4.78 is 37.1. The van der Waals surface area contributed by atoms with Crippen molar-refractivity contribution in [3.05, 3.63) is 34.1 Å². The van der Waals surface area contributed by atoms with E-state index >= 15 is 0 Å². The second-order valence-corrected chi connectivity index (χ2v) is 8.30. The van der Waals surface area contributed by atoms with Gasteiger partial charge in [0.2, 0.25) is 0 Å². The Morgan fingerprint density at radius 2 is 2.05 bits per heavy atom. The fraction of sp³-hybridized carbons (Fsp3) is 0.571. The highest BCUT2D eigenvalue weighted by molar-refractivity contribution is 9.10. The number of hydrogen-bond donors (Lipinski definition) is 1. The SMILES string of the molecule is CCCNC(Cc1ccc(F)c(Br)c1)C(C)S(C)(=O)=O. The average molecular weight is 366 g/mol. The Labute approximate surface area is 129 Å². The summed E-state index contributed by atoms with van der Waals surface area (Å²) in [4.78, 5) is 0. The summed E-state index contributed by atoms with van der Waals surface area (Å²) >= 11 is 3.15. The molecule has 2 atom stereocenters. The van der Waals surface area contributed by atoms with E-state index in [0.29, 0.717) is 10.9 Å². The van der Waals surface area contributed by atoms with Crippen LogP contribution in [0.1, 0.15) is 25.8 Å². The zero-order valence-corrected chi connectivity index (χ0v) is 14.4. The van der Waals surface area contributed by atoms with Crippen molar-refractivity contribution in [3.8, 4) is 0 Å². The second kappa shape index (κ2) is 7.52. The predicted molar refractivity (Wildman–Crippen MR) is 84.2 cm³/mol. The first kappa shape index (κ1) is 17.6. The highest BCUT2D eigenvalue weighted by Crippen LogP contribution is 2.19. The maximum atomic E-state index is 13.2. The van der Waals surface area contributed by atoms with E-state index in [1.807, 2.05) is 6.92 Å². The van der Waals surface area contributed by atoms with Gasteiger partial charge in [-0.3, -0.25) is 0 Å². The van der Waals surface area contributed by atoms with Crippen molar-refractivity contribution in [2.24, 2.45) is 0 Å². The summed E-state index contributed by atoms with van der Waals surface area (Å²) in [6.07, 6.45) is 2.73. The summed E-state index contributed by atoms with van der Waals surface area (Å²) in [5, 5.41) is 2.78. The molecule has 114 valence electrons. The predicted octanol–water partition coefficient (Wildman–Crippen LogP) is 2.93. The third kappa shape index (κ3) is 5.14. The molecule has 0 aliphatic heterocycles. The Morgan fingerprint density at radius 3 is 2.55 bits per heavy atom. The zero-order valence-electron chi connectivity index (χ0n) is 12.0. The van der Waals surface area contributed by atoms with E-state index in [1.54, 1.807) is 19.1 Å². The molecule has 6 heteroatoms. The van der Waals surface area contributed by atoms with Crippen LogP contribution in [0.2, 0.25) is 0 Å². The van der Waals surface area contributed by atoms with Crippen LogP contribution in [-0.2, 0) is 16.3 Å². The van der Waals surface area contributed by atoms with Crippen molar-refractivity contribution >= 4 is 25.8 Å². The quantitative estimate of drug-likeness (QED) is 0.807. The lowest BCUT2D eigenvalue weighted by Gasteiger charge is -2.24. The molecule has 0 radical (unpaired) electrons. The molecule has 0 amide bonds. The number of hydrogen-bond acceptors (Lipinski definition) is 3. The van der Waals surface area contributed by atoms with Crippen LogP contribution in [0.5, 0.6) is 0 Å². The van der Waals surface area contributed by atoms with E-state index in [-0.39, 0.29) is 11.9 Å². The summed E-state index contributed by atoms with van der Waals surface area (Å²) in [7, 11) is -3.12. The maximum Gasteiger partial charge on any atom is 0.151 e. The molecule has 0 saturated heterocycles. The highest BCUT2D eigenvalue weighted by atomic mass is 79.9. The first-order valence-corrected chi connectivity index (χ1v) is 9.36. The lowest BCUT2D eigenvalue weighted by molar-refractivity contribution is 0.481. The fourth-order valence-electron chi connectivity index (χ4n) is 1.95. The molecule has 1 N–H and O–H groups in total. The molecule has 20 heavy (non-hydrogen) atoms. The van der Waals surface area contributed by atoms with Crippen molar-refractivity contribution in [1.82, 2.24) is 5.32 Å². The van der Waals surface area contributed by atoms with Crippen LogP contribution in [-0.4, -0.2) is 32.5 Å². The van der Waals surface area contributed by atoms with Gasteiger partial charge >= 0.3 is 0 Å². The van der Waals surface area contributed by atoms with E-state index < -0.39 is 15.1 Å². The molecule has 0 aliphatic carbocycles. The number of benzene rings is 1. The summed E-state index contributed by atoms with van der Waals surface area (Å²) in [6, 6.07) is 4.60. The molecule has 2 unspecified atom stereocenters. The van der Waals surface area contributed by atoms with Gasteiger partial charge in [-0.25, -0.2) is 12.8 Å². The topological polar surface area (TPSA) is 46.2 Å². The zero-order chi connectivity index (χ0) is 15.3. The third-order valence-electron chi connectivity index (χ3n) is 3.34. The van der Waals surface area contributed by atoms with Gasteiger partial charge in [0.15, 0.2) is 9.84 Å². The van der Waals surface area contributed by atoms with Crippen LogP contribution in [0.15, 0.2) is 22.7 Å². The molecule has 0 bridgehead atoms. The van der Waals surface area contributed by atoms with Crippen LogP contribution in [0, 0.1) is 5.82 Å². The Kier molecular flexibility index (Phi) is 6.61. The van der Waals surface area contributed by atoms with Crippen molar-refractivity contribution in [2.45, 2.75) is 38.0 Å². The van der Waals surface area contributed by atoms with E-state index in [4.69, 9.17) is 0 Å². The van der Waals surface area contributed by atoms with E-state index in [0.717, 1.165) is 18.5 Å². The van der Waals surface area contributed by atoms with Crippen LogP contribution in [0.4, 0.5) is 4.39 Å². The first-order chi connectivity index (χ1) is 9.25. The molecule has 0 aromatic heterocycles. The molecule has 1 aromatic rings. The molecule has 1 aromatic carbocycles. The second-order valence-electron chi connectivity index (χ2n) is 5.05. The van der Waals surface area contributed by atoms with Crippen LogP contribution < -0.4 is 5.32 Å². The van der Waals surface area contributed by atoms with Crippen LogP contribution in [0.25, 0.3) is 0 Å². The summed E-state index contributed by atoms with van der Waals surface area (Å²) in [6.45, 7) is 4.50. The molecule has 0 aliphatic rings. The van der Waals surface area contributed by atoms with Crippen molar-refractivity contribution in [1.29, 1.82) is 0 Å². The van der Waals surface area contributed by atoms with Gasteiger partial charge < -0.3 is 5.32 Å². The Bertz CT molecular complexity index is 548. The molecular formula is C14H21BrFNO2S. The minimum atomic E-state index is -3.12. The van der Waals surface area contributed by atoms with Gasteiger partial charge in [0.25, 0.3) is 0 Å². The highest BCUT2D eigenvalue weighted by Gasteiger charge is 2.25. The van der Waals surface area contributed by atoms with Gasteiger partial charge in [-0.05, 0) is 59.9 Å². The Hall–Kier alpha value is -0.460. The molecule has 3 nitrogen and oxygen atoms in total. The summed E-state index contributed by atoms with van der Waals surface area (Å²) in [5.74, 6) is -0.317. The number of halogens is 2. The van der Waals surface area contributed by atoms with Crippen molar-refractivity contribution < 1.29 is 12.8 Å². The number of nitrogens with one attached hydrogen (secondary N) is 1. The molecule has 0 spiro atoms. The Balaban J connectivity index is 2.91. The van der Waals surface area contributed by atoms with Gasteiger partial charge in [-0.2, -0.15) is 0 Å². The fourth-order valence-corrected chi connectivity index (χ4v) is 3.17. The average Bonchev–Trinajstić information content (AvgIpc) is 2.36. The summed E-state index contributed by atoms with van der Waals surface area (Å²) in [5.41, 5.74) is 0.905. The van der Waals surface area contributed by atoms with E-state index in [2.05, 4.69) is 21.2 Å². The molecule has 1 rings (SSSR count). The smallest absolute Gasteiger partial charge is 0.151 e. The molecule has 0 heterocycles. The van der Waals surface area contributed by atoms with Gasteiger partial charge in [-0.15, -0.1) is 0 Å². The standard InChI is InChI=1S/C14H21BrFNO2S/c1-4-7-17-14(10(2)20(3,18)19)9-11-5-6-13(16)12(15)8-11/h5-6,8,10,14,17H,4,7,9H2,1-3H3. The first-order valence-electron chi connectivity index (χ1n) is 6.62. The van der Waals surface area contributed by atoms with Gasteiger partial charge in [0, 0.05) is 12.3 Å². The van der Waals surface area contributed by atoms with E-state index in [1.165, 1.54) is 12.3 Å². The number of sulfone groups is 1. The van der Waals surface area contributed by atoms with Gasteiger partial charge in [-0.1, -0.05) is 13.0 Å². The largest absolute Gasteiger partial charge is 0.312 e. The van der Waals surface area contributed by atoms with Crippen LogP contribution in [0.3, 0.4) is 0 Å². The normalized spacial score (nSPS) is 15.1. The monoisotopic (exact) mass is 365 g/mol. The lowest BCUT2D eigenvalue weighted by atomic mass is 10.0. The number of rotatable bonds is 7.